The molecule has 17 heavy (non-hydrogen) atoms. The van der Waals surface area contributed by atoms with Crippen LogP contribution < -0.4 is 5.73 Å². The Bertz CT molecular complexity index is 382. The van der Waals surface area contributed by atoms with Crippen molar-refractivity contribution in [2.24, 2.45) is 5.73 Å². The van der Waals surface area contributed by atoms with Crippen LogP contribution in [0.4, 0.5) is 0 Å². The summed E-state index contributed by atoms with van der Waals surface area (Å²) in [5, 5.41) is 8.58. The molecule has 0 aliphatic heterocycles. The fourth-order valence-electron chi connectivity index (χ4n) is 2.06. The van der Waals surface area contributed by atoms with Gasteiger partial charge in [-0.05, 0) is 42.7 Å². The van der Waals surface area contributed by atoms with Gasteiger partial charge in [-0.25, -0.2) is 0 Å². The molecule has 3 N–H and O–H groups in total. The third kappa shape index (κ3) is 3.86. The van der Waals surface area contributed by atoms with Crippen LogP contribution >= 0.6 is 0 Å². The normalized spacial score (nSPS) is 16.8. The molecule has 0 saturated heterocycles. The maximum absolute atomic E-state index is 10.4. The smallest absolute Gasteiger partial charge is 0.303 e. The second-order valence-corrected chi connectivity index (χ2v) is 4.91. The van der Waals surface area contributed by atoms with Gasteiger partial charge in [0.2, 0.25) is 0 Å². The monoisotopic (exact) mass is 233 g/mol. The Balaban J connectivity index is 1.83. The Morgan fingerprint density at radius 2 is 2.00 bits per heavy atom. The lowest BCUT2D eigenvalue weighted by atomic mass is 10.0. The van der Waals surface area contributed by atoms with E-state index in [0.29, 0.717) is 6.42 Å². The van der Waals surface area contributed by atoms with E-state index < -0.39 is 5.97 Å². The van der Waals surface area contributed by atoms with Crippen LogP contribution in [0.15, 0.2) is 24.3 Å². The summed E-state index contributed by atoms with van der Waals surface area (Å²) in [5.41, 5.74) is 8.53. The molecule has 0 amide bonds. The predicted octanol–water partition coefficient (Wildman–Crippen LogP) is 2.30. The molecule has 1 aliphatic carbocycles. The van der Waals surface area contributed by atoms with Crippen molar-refractivity contribution in [3.63, 3.8) is 0 Å². The summed E-state index contributed by atoms with van der Waals surface area (Å²) in [4.78, 5) is 10.4. The van der Waals surface area contributed by atoms with E-state index in [1.54, 1.807) is 0 Å². The van der Waals surface area contributed by atoms with Crippen LogP contribution in [0.3, 0.4) is 0 Å². The molecule has 3 nitrogen and oxygen atoms in total. The van der Waals surface area contributed by atoms with E-state index in [0.717, 1.165) is 12.3 Å². The van der Waals surface area contributed by atoms with Crippen molar-refractivity contribution in [2.75, 3.05) is 0 Å². The van der Waals surface area contributed by atoms with E-state index >= 15 is 0 Å². The molecular weight excluding hydrogens is 214 g/mol. The van der Waals surface area contributed by atoms with Gasteiger partial charge in [0, 0.05) is 12.5 Å². The lowest BCUT2D eigenvalue weighted by Gasteiger charge is -2.10. The van der Waals surface area contributed by atoms with Crippen molar-refractivity contribution in [1.29, 1.82) is 0 Å². The van der Waals surface area contributed by atoms with Gasteiger partial charge in [-0.3, -0.25) is 4.79 Å². The first-order valence-corrected chi connectivity index (χ1v) is 6.21. The molecule has 1 fully saturated rings. The second kappa shape index (κ2) is 5.32. The van der Waals surface area contributed by atoms with Crippen LogP contribution in [0.1, 0.15) is 42.7 Å². The van der Waals surface area contributed by atoms with Gasteiger partial charge in [-0.2, -0.15) is 0 Å². The fourth-order valence-corrected chi connectivity index (χ4v) is 2.06. The number of hydrogen-bond acceptors (Lipinski definition) is 2. The quantitative estimate of drug-likeness (QED) is 0.792. The van der Waals surface area contributed by atoms with E-state index in [2.05, 4.69) is 24.3 Å². The zero-order valence-electron chi connectivity index (χ0n) is 9.93. The minimum Gasteiger partial charge on any atom is -0.481 e. The first-order chi connectivity index (χ1) is 8.15. The van der Waals surface area contributed by atoms with Crippen LogP contribution in [0.2, 0.25) is 0 Å². The molecule has 1 atom stereocenters. The highest BCUT2D eigenvalue weighted by atomic mass is 16.4. The van der Waals surface area contributed by atoms with Crippen molar-refractivity contribution in [1.82, 2.24) is 0 Å². The number of carbonyl (C=O) groups is 1. The lowest BCUT2D eigenvalue weighted by molar-refractivity contribution is -0.137. The van der Waals surface area contributed by atoms with Crippen LogP contribution in [-0.4, -0.2) is 17.1 Å². The third-order valence-electron chi connectivity index (χ3n) is 3.26. The number of nitrogens with two attached hydrogens (primary N) is 1. The van der Waals surface area contributed by atoms with Crippen molar-refractivity contribution < 1.29 is 9.90 Å². The summed E-state index contributed by atoms with van der Waals surface area (Å²) in [6, 6.07) is 8.54. The SMILES string of the molecule is NC(CCC(=O)O)Cc1ccc(C2CC2)cc1. The highest BCUT2D eigenvalue weighted by Crippen LogP contribution is 2.39. The van der Waals surface area contributed by atoms with Crippen molar-refractivity contribution in [3.05, 3.63) is 35.4 Å². The summed E-state index contributed by atoms with van der Waals surface area (Å²) < 4.78 is 0. The van der Waals surface area contributed by atoms with Crippen molar-refractivity contribution in [3.8, 4) is 0 Å². The zero-order chi connectivity index (χ0) is 12.3. The molecule has 1 aliphatic rings. The molecule has 1 saturated carbocycles. The zero-order valence-corrected chi connectivity index (χ0v) is 9.93. The Morgan fingerprint density at radius 3 is 2.53 bits per heavy atom. The molecule has 0 bridgehead atoms. The van der Waals surface area contributed by atoms with Gasteiger partial charge >= 0.3 is 5.97 Å². The molecule has 92 valence electrons. The van der Waals surface area contributed by atoms with E-state index in [4.69, 9.17) is 10.8 Å². The Morgan fingerprint density at radius 1 is 1.35 bits per heavy atom. The van der Waals surface area contributed by atoms with E-state index in [1.165, 1.54) is 24.0 Å². The molecular formula is C14H19NO2. The maximum Gasteiger partial charge on any atom is 0.303 e. The van der Waals surface area contributed by atoms with Gasteiger partial charge in [-0.1, -0.05) is 24.3 Å². The van der Waals surface area contributed by atoms with Crippen LogP contribution in [0.25, 0.3) is 0 Å². The van der Waals surface area contributed by atoms with E-state index in [1.807, 2.05) is 0 Å². The highest BCUT2D eigenvalue weighted by molar-refractivity contribution is 5.66. The lowest BCUT2D eigenvalue weighted by Crippen LogP contribution is -2.23. The topological polar surface area (TPSA) is 63.3 Å². The molecule has 0 radical (unpaired) electrons. The third-order valence-corrected chi connectivity index (χ3v) is 3.26. The number of rotatable bonds is 6. The summed E-state index contributed by atoms with van der Waals surface area (Å²) >= 11 is 0. The molecule has 1 unspecified atom stereocenters. The number of carboxylic acid groups (broad SMARTS) is 1. The van der Waals surface area contributed by atoms with Gasteiger partial charge in [0.25, 0.3) is 0 Å². The average molecular weight is 233 g/mol. The Labute approximate surface area is 102 Å². The number of carboxylic acids is 1. The van der Waals surface area contributed by atoms with Crippen LogP contribution in [0, 0.1) is 0 Å². The number of hydrogen-bond donors (Lipinski definition) is 2. The predicted molar refractivity (Wildman–Crippen MR) is 67.0 cm³/mol. The Kier molecular flexibility index (Phi) is 3.79. The van der Waals surface area contributed by atoms with Gasteiger partial charge in [0.15, 0.2) is 0 Å². The Hall–Kier alpha value is -1.35. The molecule has 3 heteroatoms. The van der Waals surface area contributed by atoms with Gasteiger partial charge in [0.05, 0.1) is 0 Å². The van der Waals surface area contributed by atoms with E-state index in [9.17, 15) is 4.79 Å². The molecule has 1 aromatic rings. The van der Waals surface area contributed by atoms with Gasteiger partial charge in [0.1, 0.15) is 0 Å². The fraction of sp³-hybridized carbons (Fsp3) is 0.500. The molecule has 0 spiro atoms. The molecule has 1 aromatic carbocycles. The van der Waals surface area contributed by atoms with Crippen LogP contribution in [0.5, 0.6) is 0 Å². The standard InChI is InChI=1S/C14H19NO2/c15-13(7-8-14(16)17)9-10-1-3-11(4-2-10)12-5-6-12/h1-4,12-13H,5-9,15H2,(H,16,17). The first kappa shape index (κ1) is 12.1. The largest absolute Gasteiger partial charge is 0.481 e. The summed E-state index contributed by atoms with van der Waals surface area (Å²) in [6.45, 7) is 0. The van der Waals surface area contributed by atoms with Gasteiger partial charge < -0.3 is 10.8 Å². The summed E-state index contributed by atoms with van der Waals surface area (Å²) in [6.07, 6.45) is 4.09. The number of benzene rings is 1. The minimum absolute atomic E-state index is 0.0575. The second-order valence-electron chi connectivity index (χ2n) is 4.91. The van der Waals surface area contributed by atoms with Gasteiger partial charge in [-0.15, -0.1) is 0 Å². The highest BCUT2D eigenvalue weighted by Gasteiger charge is 2.22. The molecule has 2 rings (SSSR count). The van der Waals surface area contributed by atoms with E-state index in [-0.39, 0.29) is 12.5 Å². The first-order valence-electron chi connectivity index (χ1n) is 6.21. The summed E-state index contributed by atoms with van der Waals surface area (Å²) in [7, 11) is 0. The van der Waals surface area contributed by atoms with Crippen molar-refractivity contribution in [2.45, 2.75) is 44.1 Å². The van der Waals surface area contributed by atoms with Crippen LogP contribution in [-0.2, 0) is 11.2 Å². The molecule has 0 heterocycles. The number of aliphatic carboxylic acids is 1. The molecule has 0 aromatic heterocycles. The summed E-state index contributed by atoms with van der Waals surface area (Å²) in [5.74, 6) is 0.00858. The average Bonchev–Trinajstić information content (AvgIpc) is 3.11. The maximum atomic E-state index is 10.4. The minimum atomic E-state index is -0.774. The van der Waals surface area contributed by atoms with Crippen molar-refractivity contribution >= 4 is 5.97 Å².